The summed E-state index contributed by atoms with van der Waals surface area (Å²) in [6.45, 7) is 0.460. The molecule has 0 unspecified atom stereocenters. The van der Waals surface area contributed by atoms with Gasteiger partial charge in [-0.1, -0.05) is 67.1 Å². The Balaban J connectivity index is 1.82. The summed E-state index contributed by atoms with van der Waals surface area (Å²) in [5.74, 6) is -1.41. The van der Waals surface area contributed by atoms with E-state index in [2.05, 4.69) is 10.6 Å². The van der Waals surface area contributed by atoms with Crippen molar-refractivity contribution in [2.45, 2.75) is 44.9 Å². The van der Waals surface area contributed by atoms with E-state index in [1.54, 1.807) is 5.48 Å². The minimum absolute atomic E-state index is 0.162. The van der Waals surface area contributed by atoms with Crippen LogP contribution in [0.5, 0.6) is 0 Å². The average molecular weight is 497 g/mol. The van der Waals surface area contributed by atoms with E-state index in [9.17, 15) is 19.2 Å². The Morgan fingerprint density at radius 2 is 1.11 bits per heavy atom. The van der Waals surface area contributed by atoms with Gasteiger partial charge in [0.2, 0.25) is 23.6 Å². The number of nitrogens with zero attached hydrogens (tertiary/aromatic N) is 1. The van der Waals surface area contributed by atoms with Crippen molar-refractivity contribution in [3.05, 3.63) is 71.8 Å². The molecule has 9 heteroatoms. The Bertz CT molecular complexity index is 894. The summed E-state index contributed by atoms with van der Waals surface area (Å²) in [4.78, 5) is 50.2. The highest BCUT2D eigenvalue weighted by Gasteiger charge is 2.20. The molecule has 0 heterocycles. The van der Waals surface area contributed by atoms with Crippen molar-refractivity contribution < 1.29 is 24.4 Å². The van der Waals surface area contributed by atoms with Gasteiger partial charge in [-0.05, 0) is 36.8 Å². The van der Waals surface area contributed by atoms with E-state index in [0.717, 1.165) is 11.1 Å². The van der Waals surface area contributed by atoms with Gasteiger partial charge in [0.25, 0.3) is 0 Å². The number of carbonyl (C=O) groups is 4. The number of unbranched alkanes of at least 4 members (excludes halogenated alkanes) is 2. The first-order valence-electron chi connectivity index (χ1n) is 12.3. The van der Waals surface area contributed by atoms with Gasteiger partial charge in [0, 0.05) is 25.9 Å². The number of carbonyl (C=O) groups excluding carboxylic acids is 4. The maximum atomic E-state index is 12.8. The van der Waals surface area contributed by atoms with Gasteiger partial charge in [0.1, 0.15) is 13.1 Å². The molecule has 9 nitrogen and oxygen atoms in total. The van der Waals surface area contributed by atoms with Crippen molar-refractivity contribution in [2.75, 3.05) is 26.2 Å². The highest BCUT2D eigenvalue weighted by atomic mass is 16.5. The Hall–Kier alpha value is -3.72. The van der Waals surface area contributed by atoms with Gasteiger partial charge in [-0.3, -0.25) is 24.4 Å². The molecule has 0 aliphatic heterocycles. The number of benzene rings is 2. The number of hydrogen-bond acceptors (Lipinski definition) is 5. The molecule has 0 atom stereocenters. The van der Waals surface area contributed by atoms with Crippen molar-refractivity contribution in [3.8, 4) is 0 Å². The maximum absolute atomic E-state index is 12.8. The van der Waals surface area contributed by atoms with E-state index in [1.807, 2.05) is 60.7 Å². The second kappa shape index (κ2) is 16.8. The molecule has 2 aromatic rings. The molecule has 0 aliphatic carbocycles. The van der Waals surface area contributed by atoms with Crippen LogP contribution in [0.3, 0.4) is 0 Å². The largest absolute Gasteiger partial charge is 0.354 e. The summed E-state index contributed by atoms with van der Waals surface area (Å²) in [6, 6.07) is 19.5. The Morgan fingerprint density at radius 3 is 1.58 bits per heavy atom. The number of hydrogen-bond donors (Lipinski definition) is 4. The van der Waals surface area contributed by atoms with Crippen LogP contribution in [0.1, 0.15) is 43.2 Å². The van der Waals surface area contributed by atoms with Crippen LogP contribution in [0.2, 0.25) is 0 Å². The van der Waals surface area contributed by atoms with Crippen molar-refractivity contribution >= 4 is 23.6 Å². The molecule has 36 heavy (non-hydrogen) atoms. The molecular formula is C27H36N4O5. The van der Waals surface area contributed by atoms with Gasteiger partial charge in [-0.2, -0.15) is 0 Å². The standard InChI is InChI=1S/C27H36N4O5/c32-24(30-36)14-8-3-9-15-27(35)31(20-25(33)28-18-16-22-10-4-1-5-11-22)21-26(34)29-19-17-23-12-6-2-7-13-23/h1-2,4-7,10-13,36H,3,8-9,14-21H2,(H,28,33)(H,29,34)(H,30,32). The van der Waals surface area contributed by atoms with E-state index in [1.165, 1.54) is 4.90 Å². The quantitative estimate of drug-likeness (QED) is 0.161. The summed E-state index contributed by atoms with van der Waals surface area (Å²) in [6.07, 6.45) is 3.32. The first kappa shape index (κ1) is 28.5. The van der Waals surface area contributed by atoms with Crippen LogP contribution in [0.15, 0.2) is 60.7 Å². The Morgan fingerprint density at radius 1 is 0.639 bits per heavy atom. The third kappa shape index (κ3) is 12.1. The fourth-order valence-electron chi connectivity index (χ4n) is 3.63. The second-order valence-electron chi connectivity index (χ2n) is 8.52. The molecule has 0 aromatic heterocycles. The molecule has 0 saturated carbocycles. The van der Waals surface area contributed by atoms with E-state index >= 15 is 0 Å². The zero-order chi connectivity index (χ0) is 26.0. The molecule has 2 rings (SSSR count). The molecule has 4 amide bonds. The normalized spacial score (nSPS) is 10.4. The molecule has 0 radical (unpaired) electrons. The first-order chi connectivity index (χ1) is 17.5. The zero-order valence-electron chi connectivity index (χ0n) is 20.6. The molecule has 2 aromatic carbocycles. The van der Waals surface area contributed by atoms with Gasteiger partial charge in [0.05, 0.1) is 0 Å². The molecule has 0 bridgehead atoms. The van der Waals surface area contributed by atoms with Gasteiger partial charge in [-0.15, -0.1) is 0 Å². The van der Waals surface area contributed by atoms with Crippen LogP contribution in [-0.4, -0.2) is 59.9 Å². The minimum atomic E-state index is -0.470. The van der Waals surface area contributed by atoms with Crippen LogP contribution in [0.4, 0.5) is 0 Å². The van der Waals surface area contributed by atoms with Gasteiger partial charge in [-0.25, -0.2) is 5.48 Å². The van der Waals surface area contributed by atoms with E-state index < -0.39 is 5.91 Å². The maximum Gasteiger partial charge on any atom is 0.243 e. The van der Waals surface area contributed by atoms with Crippen molar-refractivity contribution in [3.63, 3.8) is 0 Å². The van der Waals surface area contributed by atoms with Gasteiger partial charge >= 0.3 is 0 Å². The molecule has 4 N–H and O–H groups in total. The fourth-order valence-corrected chi connectivity index (χ4v) is 3.63. The Kier molecular flexibility index (Phi) is 13.3. The molecule has 0 spiro atoms. The number of amides is 4. The second-order valence-corrected chi connectivity index (χ2v) is 8.52. The summed E-state index contributed by atoms with van der Waals surface area (Å²) in [5, 5.41) is 14.2. The highest BCUT2D eigenvalue weighted by Crippen LogP contribution is 2.06. The third-order valence-electron chi connectivity index (χ3n) is 5.60. The smallest absolute Gasteiger partial charge is 0.243 e. The molecule has 194 valence electrons. The van der Waals surface area contributed by atoms with Crippen LogP contribution in [0, 0.1) is 0 Å². The average Bonchev–Trinajstić information content (AvgIpc) is 2.89. The molecule has 0 fully saturated rings. The van der Waals surface area contributed by atoms with Crippen molar-refractivity contribution in [2.24, 2.45) is 0 Å². The predicted molar refractivity (Wildman–Crippen MR) is 136 cm³/mol. The Labute approximate surface area is 212 Å². The predicted octanol–water partition coefficient (Wildman–Crippen LogP) is 1.99. The monoisotopic (exact) mass is 496 g/mol. The van der Waals surface area contributed by atoms with Crippen LogP contribution >= 0.6 is 0 Å². The molecule has 0 aliphatic rings. The van der Waals surface area contributed by atoms with Crippen molar-refractivity contribution in [1.29, 1.82) is 0 Å². The summed E-state index contributed by atoms with van der Waals surface area (Å²) in [5.41, 5.74) is 3.77. The number of nitrogens with one attached hydrogen (secondary N) is 3. The van der Waals surface area contributed by atoms with E-state index in [0.29, 0.717) is 45.2 Å². The highest BCUT2D eigenvalue weighted by molar-refractivity contribution is 5.89. The summed E-state index contributed by atoms with van der Waals surface area (Å²) in [7, 11) is 0. The molecular weight excluding hydrogens is 460 g/mol. The van der Waals surface area contributed by atoms with Gasteiger partial charge in [0.15, 0.2) is 0 Å². The van der Waals surface area contributed by atoms with Gasteiger partial charge < -0.3 is 15.5 Å². The minimum Gasteiger partial charge on any atom is -0.354 e. The first-order valence-corrected chi connectivity index (χ1v) is 12.3. The lowest BCUT2D eigenvalue weighted by Crippen LogP contribution is -2.46. The van der Waals surface area contributed by atoms with E-state index in [4.69, 9.17) is 5.21 Å². The third-order valence-corrected chi connectivity index (χ3v) is 5.60. The summed E-state index contributed by atoms with van der Waals surface area (Å²) < 4.78 is 0. The summed E-state index contributed by atoms with van der Waals surface area (Å²) >= 11 is 0. The fraction of sp³-hybridized carbons (Fsp3) is 0.407. The topological polar surface area (TPSA) is 128 Å². The lowest BCUT2D eigenvalue weighted by Gasteiger charge is -2.22. The lowest BCUT2D eigenvalue weighted by molar-refractivity contribution is -0.139. The number of rotatable bonds is 16. The molecule has 0 saturated heterocycles. The SMILES string of the molecule is O=C(CCCCCC(=O)N(CC(=O)NCCc1ccccc1)CC(=O)NCCc1ccccc1)NO. The van der Waals surface area contributed by atoms with Crippen LogP contribution in [-0.2, 0) is 32.0 Å². The lowest BCUT2D eigenvalue weighted by atomic mass is 10.1. The number of hydroxylamine groups is 1. The van der Waals surface area contributed by atoms with Crippen molar-refractivity contribution in [1.82, 2.24) is 21.0 Å². The van der Waals surface area contributed by atoms with E-state index in [-0.39, 0.29) is 43.7 Å². The van der Waals surface area contributed by atoms with Crippen LogP contribution in [0.25, 0.3) is 0 Å². The van der Waals surface area contributed by atoms with Crippen LogP contribution < -0.4 is 16.1 Å². The zero-order valence-corrected chi connectivity index (χ0v) is 20.6.